The van der Waals surface area contributed by atoms with Gasteiger partial charge in [-0.25, -0.2) is 0 Å². The Labute approximate surface area is 226 Å². The zero-order valence-corrected chi connectivity index (χ0v) is 23.6. The molecule has 0 saturated carbocycles. The number of carbonyl (C=O) groups is 2. The lowest BCUT2D eigenvalue weighted by Gasteiger charge is -2.22. The predicted molar refractivity (Wildman–Crippen MR) is 152 cm³/mol. The van der Waals surface area contributed by atoms with Gasteiger partial charge in [0.25, 0.3) is 0 Å². The topological polar surface area (TPSA) is 71.1 Å². The van der Waals surface area contributed by atoms with Crippen LogP contribution < -0.4 is 9.47 Å². The molecule has 0 aliphatic heterocycles. The van der Waals surface area contributed by atoms with E-state index in [9.17, 15) is 9.59 Å². The summed E-state index contributed by atoms with van der Waals surface area (Å²) in [6.45, 7) is 12.5. The van der Waals surface area contributed by atoms with Crippen molar-refractivity contribution in [1.29, 1.82) is 0 Å². The van der Waals surface area contributed by atoms with Crippen LogP contribution in [0, 0.1) is 11.8 Å². The molecule has 6 nitrogen and oxygen atoms in total. The third kappa shape index (κ3) is 7.86. The molecule has 3 aromatic carbocycles. The fourth-order valence-electron chi connectivity index (χ4n) is 4.32. The van der Waals surface area contributed by atoms with E-state index in [1.807, 2.05) is 90.1 Å². The zero-order chi connectivity index (χ0) is 27.7. The molecule has 206 valence electrons. The highest BCUT2D eigenvalue weighted by Crippen LogP contribution is 2.43. The van der Waals surface area contributed by atoms with Crippen molar-refractivity contribution in [1.82, 2.24) is 0 Å². The smallest absolute Gasteiger partial charge is 0.306 e. The van der Waals surface area contributed by atoms with E-state index in [-0.39, 0.29) is 49.2 Å². The average molecular weight is 523 g/mol. The van der Waals surface area contributed by atoms with E-state index in [0.717, 1.165) is 33.0 Å². The largest absolute Gasteiger partial charge is 0.488 e. The number of rotatable bonds is 14. The summed E-state index contributed by atoms with van der Waals surface area (Å²) in [4.78, 5) is 24.5. The Morgan fingerprint density at radius 3 is 1.18 bits per heavy atom. The molecular weight excluding hydrogens is 480 g/mol. The van der Waals surface area contributed by atoms with Crippen molar-refractivity contribution in [3.63, 3.8) is 0 Å². The molecule has 3 aromatic rings. The second-order valence-electron chi connectivity index (χ2n) is 10.6. The highest BCUT2D eigenvalue weighted by atomic mass is 16.6. The van der Waals surface area contributed by atoms with E-state index in [4.69, 9.17) is 18.9 Å². The molecule has 0 aliphatic carbocycles. The number of hydrogen-bond donors (Lipinski definition) is 0. The van der Waals surface area contributed by atoms with Crippen LogP contribution in [0.4, 0.5) is 0 Å². The van der Waals surface area contributed by atoms with Crippen LogP contribution in [-0.4, -0.2) is 37.4 Å². The summed E-state index contributed by atoms with van der Waals surface area (Å²) in [5.41, 5.74) is 0. The highest BCUT2D eigenvalue weighted by Gasteiger charge is 2.21. The molecule has 0 saturated heterocycles. The van der Waals surface area contributed by atoms with E-state index in [0.29, 0.717) is 25.7 Å². The van der Waals surface area contributed by atoms with Gasteiger partial charge in [0.2, 0.25) is 0 Å². The fraction of sp³-hybridized carbons (Fsp3) is 0.500. The molecule has 38 heavy (non-hydrogen) atoms. The highest BCUT2D eigenvalue weighted by molar-refractivity contribution is 6.11. The van der Waals surface area contributed by atoms with Gasteiger partial charge in [-0.15, -0.1) is 0 Å². The molecule has 2 unspecified atom stereocenters. The Kier molecular flexibility index (Phi) is 10.8. The first-order valence-corrected chi connectivity index (χ1v) is 13.8. The molecule has 0 N–H and O–H groups in total. The molecule has 6 heteroatoms. The minimum atomic E-state index is -0.333. The standard InChI is InChI=1S/C32H42O6/c1-7-23(37-29(33)17-21(3)4)19-35-31-25-13-9-11-15-27(25)32(28-16-12-10-14-26(28)31)36-20-24(8-2)38-30(34)18-22(5)6/h9-16,21-24H,7-8,17-20H2,1-6H3. The van der Waals surface area contributed by atoms with Crippen molar-refractivity contribution in [3.05, 3.63) is 48.5 Å². The molecule has 0 heterocycles. The number of esters is 2. The van der Waals surface area contributed by atoms with Crippen molar-refractivity contribution in [2.75, 3.05) is 13.2 Å². The molecule has 0 fully saturated rings. The quantitative estimate of drug-likeness (QED) is 0.161. The second kappa shape index (κ2) is 14.0. The molecule has 2 atom stereocenters. The van der Waals surface area contributed by atoms with Gasteiger partial charge in [-0.1, -0.05) is 90.1 Å². The van der Waals surface area contributed by atoms with Crippen molar-refractivity contribution in [2.24, 2.45) is 11.8 Å². The third-order valence-corrected chi connectivity index (χ3v) is 6.32. The summed E-state index contributed by atoms with van der Waals surface area (Å²) >= 11 is 0. The molecule has 0 amide bonds. The van der Waals surface area contributed by atoms with E-state index in [2.05, 4.69) is 0 Å². The number of benzene rings is 3. The average Bonchev–Trinajstić information content (AvgIpc) is 2.87. The lowest BCUT2D eigenvalue weighted by atomic mass is 10.0. The summed E-state index contributed by atoms with van der Waals surface area (Å²) in [6.07, 6.45) is 1.44. The summed E-state index contributed by atoms with van der Waals surface area (Å²) in [6, 6.07) is 15.9. The lowest BCUT2D eigenvalue weighted by Crippen LogP contribution is -2.25. The summed E-state index contributed by atoms with van der Waals surface area (Å²) in [5.74, 6) is 1.55. The zero-order valence-electron chi connectivity index (χ0n) is 23.6. The van der Waals surface area contributed by atoms with Gasteiger partial charge in [0.15, 0.2) is 0 Å². The van der Waals surface area contributed by atoms with Crippen LogP contribution in [-0.2, 0) is 19.1 Å². The van der Waals surface area contributed by atoms with Crippen LogP contribution in [0.1, 0.15) is 67.2 Å². The normalized spacial score (nSPS) is 13.1. The first kappa shape index (κ1) is 29.3. The Balaban J connectivity index is 1.89. The molecule has 0 aliphatic rings. The number of fused-ring (bicyclic) bond motifs is 2. The van der Waals surface area contributed by atoms with E-state index >= 15 is 0 Å². The maximum Gasteiger partial charge on any atom is 0.306 e. The van der Waals surface area contributed by atoms with Crippen LogP contribution in [0.2, 0.25) is 0 Å². The molecule has 0 bridgehead atoms. The summed E-state index contributed by atoms with van der Waals surface area (Å²) in [7, 11) is 0. The van der Waals surface area contributed by atoms with Gasteiger partial charge in [0.1, 0.15) is 36.9 Å². The molecule has 0 spiro atoms. The minimum Gasteiger partial charge on any atom is -0.488 e. The van der Waals surface area contributed by atoms with Gasteiger partial charge >= 0.3 is 11.9 Å². The lowest BCUT2D eigenvalue weighted by molar-refractivity contribution is -0.152. The second-order valence-corrected chi connectivity index (χ2v) is 10.6. The first-order valence-electron chi connectivity index (χ1n) is 13.8. The van der Waals surface area contributed by atoms with Crippen LogP contribution in [0.25, 0.3) is 21.5 Å². The fourth-order valence-corrected chi connectivity index (χ4v) is 4.32. The number of carbonyl (C=O) groups excluding carboxylic acids is 2. The van der Waals surface area contributed by atoms with Gasteiger partial charge in [-0.3, -0.25) is 9.59 Å². The predicted octanol–water partition coefficient (Wildman–Crippen LogP) is 7.49. The van der Waals surface area contributed by atoms with Crippen molar-refractivity contribution < 1.29 is 28.5 Å². The van der Waals surface area contributed by atoms with Crippen LogP contribution in [0.15, 0.2) is 48.5 Å². The number of ether oxygens (including phenoxy) is 4. The molecule has 3 rings (SSSR count). The monoisotopic (exact) mass is 522 g/mol. The third-order valence-electron chi connectivity index (χ3n) is 6.32. The Morgan fingerprint density at radius 2 is 0.921 bits per heavy atom. The molecule has 0 aromatic heterocycles. The van der Waals surface area contributed by atoms with E-state index in [1.165, 1.54) is 0 Å². The van der Waals surface area contributed by atoms with E-state index in [1.54, 1.807) is 0 Å². The number of hydrogen-bond acceptors (Lipinski definition) is 6. The summed E-state index contributed by atoms with van der Waals surface area (Å²) < 4.78 is 24.1. The molecule has 0 radical (unpaired) electrons. The van der Waals surface area contributed by atoms with Gasteiger partial charge in [-0.05, 0) is 24.7 Å². The van der Waals surface area contributed by atoms with Gasteiger partial charge in [0, 0.05) is 34.4 Å². The van der Waals surface area contributed by atoms with Crippen LogP contribution in [0.5, 0.6) is 11.5 Å². The molecular formula is C32H42O6. The maximum atomic E-state index is 12.2. The van der Waals surface area contributed by atoms with Gasteiger partial charge in [-0.2, -0.15) is 0 Å². The van der Waals surface area contributed by atoms with Crippen LogP contribution in [0.3, 0.4) is 0 Å². The Hall–Kier alpha value is -3.28. The van der Waals surface area contributed by atoms with Crippen LogP contribution >= 0.6 is 0 Å². The Bertz CT molecular complexity index is 1060. The van der Waals surface area contributed by atoms with Crippen molar-refractivity contribution in [2.45, 2.75) is 79.4 Å². The minimum absolute atomic E-state index is 0.200. The van der Waals surface area contributed by atoms with Gasteiger partial charge < -0.3 is 18.9 Å². The maximum absolute atomic E-state index is 12.2. The Morgan fingerprint density at radius 1 is 0.605 bits per heavy atom. The first-order chi connectivity index (χ1) is 18.2. The SMILES string of the molecule is CCC(COc1c2ccccc2c(OCC(CC)OC(=O)CC(C)C)c2ccccc12)OC(=O)CC(C)C. The van der Waals surface area contributed by atoms with Gasteiger partial charge in [0.05, 0.1) is 0 Å². The van der Waals surface area contributed by atoms with Crippen molar-refractivity contribution >= 4 is 33.5 Å². The summed E-state index contributed by atoms with van der Waals surface area (Å²) in [5, 5.41) is 3.65. The van der Waals surface area contributed by atoms with Crippen molar-refractivity contribution in [3.8, 4) is 11.5 Å². The van der Waals surface area contributed by atoms with E-state index < -0.39 is 0 Å².